The Bertz CT molecular complexity index is 572. The van der Waals surface area contributed by atoms with Crippen molar-refractivity contribution >= 4 is 21.4 Å². The largest absolute Gasteiger partial charge is 0.373 e. The smallest absolute Gasteiger partial charge is 0.0738 e. The van der Waals surface area contributed by atoms with Crippen molar-refractivity contribution in [2.45, 2.75) is 58.3 Å². The first-order chi connectivity index (χ1) is 10.4. The van der Waals surface area contributed by atoms with E-state index in [1.165, 1.54) is 52.6 Å². The van der Waals surface area contributed by atoms with Gasteiger partial charge in [0, 0.05) is 21.7 Å². The van der Waals surface area contributed by atoms with Gasteiger partial charge in [0.2, 0.25) is 0 Å². The van der Waals surface area contributed by atoms with Crippen LogP contribution in [0.4, 0.5) is 0 Å². The maximum absolute atomic E-state index is 6.18. The molecule has 1 aromatic carbocycles. The van der Waals surface area contributed by atoms with Gasteiger partial charge in [0.05, 0.1) is 12.7 Å². The SMILES string of the molecule is CCCNCc1sc2ccccc2c1COC1CCCC1. The van der Waals surface area contributed by atoms with Crippen LogP contribution in [0.1, 0.15) is 49.5 Å². The number of thiophene rings is 1. The average Bonchev–Trinajstić information content (AvgIpc) is 3.12. The molecule has 1 fully saturated rings. The van der Waals surface area contributed by atoms with Crippen LogP contribution in [0.25, 0.3) is 10.1 Å². The van der Waals surface area contributed by atoms with Gasteiger partial charge < -0.3 is 10.1 Å². The zero-order chi connectivity index (χ0) is 14.5. The highest BCUT2D eigenvalue weighted by Crippen LogP contribution is 2.33. The van der Waals surface area contributed by atoms with Gasteiger partial charge in [-0.05, 0) is 37.3 Å². The number of hydrogen-bond acceptors (Lipinski definition) is 3. The summed E-state index contributed by atoms with van der Waals surface area (Å²) in [5, 5.41) is 4.92. The summed E-state index contributed by atoms with van der Waals surface area (Å²) in [6.07, 6.45) is 6.82. The lowest BCUT2D eigenvalue weighted by molar-refractivity contribution is 0.0461. The molecule has 1 saturated carbocycles. The number of fused-ring (bicyclic) bond motifs is 1. The Morgan fingerprint density at radius 3 is 2.86 bits per heavy atom. The van der Waals surface area contributed by atoms with E-state index in [9.17, 15) is 0 Å². The first-order valence-electron chi connectivity index (χ1n) is 8.20. The van der Waals surface area contributed by atoms with E-state index in [-0.39, 0.29) is 0 Å². The molecule has 0 radical (unpaired) electrons. The Balaban J connectivity index is 1.76. The molecule has 3 heteroatoms. The number of nitrogens with one attached hydrogen (secondary N) is 1. The average molecular weight is 303 g/mol. The van der Waals surface area contributed by atoms with Gasteiger partial charge in [-0.25, -0.2) is 0 Å². The van der Waals surface area contributed by atoms with Crippen LogP contribution >= 0.6 is 11.3 Å². The molecule has 0 unspecified atom stereocenters. The molecular formula is C18H25NOS. The predicted octanol–water partition coefficient (Wildman–Crippen LogP) is 4.86. The molecule has 21 heavy (non-hydrogen) atoms. The monoisotopic (exact) mass is 303 g/mol. The number of benzene rings is 1. The van der Waals surface area contributed by atoms with E-state index in [1.54, 1.807) is 0 Å². The van der Waals surface area contributed by atoms with Gasteiger partial charge in [-0.2, -0.15) is 0 Å². The highest BCUT2D eigenvalue weighted by Gasteiger charge is 2.18. The summed E-state index contributed by atoms with van der Waals surface area (Å²) in [5.74, 6) is 0. The maximum atomic E-state index is 6.18. The molecule has 1 aliphatic carbocycles. The lowest BCUT2D eigenvalue weighted by atomic mass is 10.1. The van der Waals surface area contributed by atoms with Crippen molar-refractivity contribution in [3.05, 3.63) is 34.7 Å². The van der Waals surface area contributed by atoms with Crippen LogP contribution in [-0.2, 0) is 17.9 Å². The van der Waals surface area contributed by atoms with Crippen LogP contribution < -0.4 is 5.32 Å². The fourth-order valence-electron chi connectivity index (χ4n) is 3.09. The minimum absolute atomic E-state index is 0.486. The molecular weight excluding hydrogens is 278 g/mol. The molecule has 0 saturated heterocycles. The third-order valence-corrected chi connectivity index (χ3v) is 5.47. The molecule has 2 aromatic rings. The van der Waals surface area contributed by atoms with Crippen LogP contribution in [0.5, 0.6) is 0 Å². The van der Waals surface area contributed by atoms with E-state index in [0.29, 0.717) is 6.10 Å². The van der Waals surface area contributed by atoms with E-state index in [2.05, 4.69) is 36.5 Å². The molecule has 0 aliphatic heterocycles. The molecule has 1 aromatic heterocycles. The van der Waals surface area contributed by atoms with Crippen molar-refractivity contribution in [3.8, 4) is 0 Å². The van der Waals surface area contributed by atoms with Crippen molar-refractivity contribution < 1.29 is 4.74 Å². The van der Waals surface area contributed by atoms with Gasteiger partial charge >= 0.3 is 0 Å². The van der Waals surface area contributed by atoms with E-state index >= 15 is 0 Å². The molecule has 0 bridgehead atoms. The van der Waals surface area contributed by atoms with E-state index < -0.39 is 0 Å². The third-order valence-electron chi connectivity index (χ3n) is 4.26. The lowest BCUT2D eigenvalue weighted by Crippen LogP contribution is -2.14. The minimum atomic E-state index is 0.486. The number of ether oxygens (including phenoxy) is 1. The molecule has 1 heterocycles. The van der Waals surface area contributed by atoms with Crippen LogP contribution in [0, 0.1) is 0 Å². The standard InChI is InChI=1S/C18H25NOS/c1-2-11-19-12-18-16(13-20-14-7-3-4-8-14)15-9-5-6-10-17(15)21-18/h5-6,9-10,14,19H,2-4,7-8,11-13H2,1H3. The Labute approximate surface area is 131 Å². The van der Waals surface area contributed by atoms with Crippen molar-refractivity contribution in [1.29, 1.82) is 0 Å². The lowest BCUT2D eigenvalue weighted by Gasteiger charge is -2.12. The second-order valence-electron chi connectivity index (χ2n) is 5.89. The zero-order valence-electron chi connectivity index (χ0n) is 12.9. The normalized spacial score (nSPS) is 16.0. The first kappa shape index (κ1) is 15.0. The van der Waals surface area contributed by atoms with Gasteiger partial charge in [0.15, 0.2) is 0 Å². The summed E-state index contributed by atoms with van der Waals surface area (Å²) < 4.78 is 7.57. The Morgan fingerprint density at radius 2 is 2.05 bits per heavy atom. The van der Waals surface area contributed by atoms with Crippen LogP contribution in [0.2, 0.25) is 0 Å². The quantitative estimate of drug-likeness (QED) is 0.738. The molecule has 114 valence electrons. The van der Waals surface area contributed by atoms with Crippen LogP contribution in [-0.4, -0.2) is 12.6 Å². The molecule has 0 atom stereocenters. The summed E-state index contributed by atoms with van der Waals surface area (Å²) in [5.41, 5.74) is 1.41. The second-order valence-corrected chi connectivity index (χ2v) is 7.03. The van der Waals surface area contributed by atoms with Gasteiger partial charge in [0.1, 0.15) is 0 Å². The second kappa shape index (κ2) is 7.39. The Morgan fingerprint density at radius 1 is 1.24 bits per heavy atom. The molecule has 0 amide bonds. The summed E-state index contributed by atoms with van der Waals surface area (Å²) in [7, 11) is 0. The highest BCUT2D eigenvalue weighted by atomic mass is 32.1. The fourth-order valence-corrected chi connectivity index (χ4v) is 4.26. The molecule has 0 spiro atoms. The summed E-state index contributed by atoms with van der Waals surface area (Å²) >= 11 is 1.91. The summed E-state index contributed by atoms with van der Waals surface area (Å²) in [6, 6.07) is 8.73. The molecule has 1 N–H and O–H groups in total. The number of rotatable bonds is 7. The fraction of sp³-hybridized carbons (Fsp3) is 0.556. The van der Waals surface area contributed by atoms with Crippen molar-refractivity contribution in [3.63, 3.8) is 0 Å². The van der Waals surface area contributed by atoms with Crippen molar-refractivity contribution in [2.24, 2.45) is 0 Å². The van der Waals surface area contributed by atoms with Crippen LogP contribution in [0.15, 0.2) is 24.3 Å². The molecule has 2 nitrogen and oxygen atoms in total. The van der Waals surface area contributed by atoms with E-state index in [4.69, 9.17) is 4.74 Å². The predicted molar refractivity (Wildman–Crippen MR) is 90.9 cm³/mol. The van der Waals surface area contributed by atoms with Crippen molar-refractivity contribution in [1.82, 2.24) is 5.32 Å². The zero-order valence-corrected chi connectivity index (χ0v) is 13.7. The van der Waals surface area contributed by atoms with Gasteiger partial charge in [-0.15, -0.1) is 11.3 Å². The topological polar surface area (TPSA) is 21.3 Å². The first-order valence-corrected chi connectivity index (χ1v) is 9.01. The maximum Gasteiger partial charge on any atom is 0.0738 e. The highest BCUT2D eigenvalue weighted by molar-refractivity contribution is 7.19. The van der Waals surface area contributed by atoms with Crippen molar-refractivity contribution in [2.75, 3.05) is 6.54 Å². The van der Waals surface area contributed by atoms with Gasteiger partial charge in [-0.3, -0.25) is 0 Å². The summed E-state index contributed by atoms with van der Waals surface area (Å²) in [6.45, 7) is 5.04. The van der Waals surface area contributed by atoms with E-state index in [0.717, 1.165) is 19.7 Å². The molecule has 1 aliphatic rings. The number of hydrogen-bond donors (Lipinski definition) is 1. The third kappa shape index (κ3) is 3.65. The Hall–Kier alpha value is -0.900. The Kier molecular flexibility index (Phi) is 5.28. The van der Waals surface area contributed by atoms with Crippen LogP contribution in [0.3, 0.4) is 0 Å². The summed E-state index contributed by atoms with van der Waals surface area (Å²) in [4.78, 5) is 1.45. The van der Waals surface area contributed by atoms with E-state index in [1.807, 2.05) is 11.3 Å². The minimum Gasteiger partial charge on any atom is -0.373 e. The molecule has 3 rings (SSSR count). The van der Waals surface area contributed by atoms with Gasteiger partial charge in [-0.1, -0.05) is 38.0 Å². The van der Waals surface area contributed by atoms with Gasteiger partial charge in [0.25, 0.3) is 0 Å².